The zero-order valence-electron chi connectivity index (χ0n) is 16.7. The van der Waals surface area contributed by atoms with Gasteiger partial charge in [-0.25, -0.2) is 9.97 Å². The van der Waals surface area contributed by atoms with E-state index in [1.165, 1.54) is 0 Å². The molecule has 0 amide bonds. The Kier molecular flexibility index (Phi) is 4.61. The Balaban J connectivity index is 1.99. The lowest BCUT2D eigenvalue weighted by Gasteiger charge is -2.20. The highest BCUT2D eigenvalue weighted by atomic mass is 15.1. The molecule has 1 aliphatic heterocycles. The van der Waals surface area contributed by atoms with Crippen LogP contribution in [0.2, 0.25) is 0 Å². The van der Waals surface area contributed by atoms with Crippen molar-refractivity contribution in [2.24, 2.45) is 0 Å². The predicted octanol–water partition coefficient (Wildman–Crippen LogP) is 5.01. The number of nitriles is 1. The highest BCUT2D eigenvalue weighted by Gasteiger charge is 2.17. The van der Waals surface area contributed by atoms with Crippen LogP contribution in [0.4, 0.5) is 11.6 Å². The summed E-state index contributed by atoms with van der Waals surface area (Å²) in [5, 5.41) is 12.6. The number of nitrogens with one attached hydrogen (secondary N) is 1. The molecule has 0 spiro atoms. The lowest BCUT2D eigenvalue weighted by Crippen LogP contribution is -2.11. The van der Waals surface area contributed by atoms with Crippen molar-refractivity contribution >= 4 is 17.7 Å². The van der Waals surface area contributed by atoms with Crippen LogP contribution in [0.3, 0.4) is 0 Å². The monoisotopic (exact) mass is 379 g/mol. The maximum Gasteiger partial charge on any atom is 0.138 e. The molecule has 0 unspecified atom stereocenters. The number of nitrogens with zero attached hydrogens (tertiary/aromatic N) is 4. The molecule has 142 valence electrons. The smallest absolute Gasteiger partial charge is 0.138 e. The molecule has 0 fully saturated rings. The third-order valence-electron chi connectivity index (χ3n) is 4.77. The van der Waals surface area contributed by atoms with Crippen molar-refractivity contribution in [2.75, 3.05) is 24.3 Å². The molecule has 0 atom stereocenters. The van der Waals surface area contributed by atoms with Crippen LogP contribution >= 0.6 is 0 Å². The number of anilines is 2. The molecule has 0 radical (unpaired) electrons. The zero-order chi connectivity index (χ0) is 20.5. The minimum atomic E-state index is 0.602. The number of benzene rings is 1. The maximum atomic E-state index is 9.34. The molecule has 5 heteroatoms. The van der Waals surface area contributed by atoms with Crippen LogP contribution in [0, 0.1) is 18.3 Å². The Morgan fingerprint density at radius 2 is 1.86 bits per heavy atom. The largest absolute Gasteiger partial charge is 0.363 e. The SMILES string of the molecule is C=C1C=Cc2cc(-c3cc(C)nc(N(C)C)c3)c(-c3cccc(C#N)c3)nc2N1. The summed E-state index contributed by atoms with van der Waals surface area (Å²) in [5.74, 6) is 1.65. The van der Waals surface area contributed by atoms with Gasteiger partial charge in [0.15, 0.2) is 0 Å². The molecular formula is C24H21N5. The van der Waals surface area contributed by atoms with E-state index in [0.29, 0.717) is 5.56 Å². The number of rotatable bonds is 3. The molecule has 0 saturated heterocycles. The fourth-order valence-corrected chi connectivity index (χ4v) is 3.35. The van der Waals surface area contributed by atoms with E-state index in [2.05, 4.69) is 41.1 Å². The van der Waals surface area contributed by atoms with E-state index < -0.39 is 0 Å². The van der Waals surface area contributed by atoms with Crippen molar-refractivity contribution < 1.29 is 0 Å². The molecule has 1 aliphatic rings. The first-order valence-electron chi connectivity index (χ1n) is 9.30. The van der Waals surface area contributed by atoms with Crippen LogP contribution < -0.4 is 10.2 Å². The fraction of sp³-hybridized carbons (Fsp3) is 0.125. The summed E-state index contributed by atoms with van der Waals surface area (Å²) >= 11 is 0. The highest BCUT2D eigenvalue weighted by molar-refractivity contribution is 5.87. The molecular weight excluding hydrogens is 358 g/mol. The Labute approximate surface area is 170 Å². The summed E-state index contributed by atoms with van der Waals surface area (Å²) in [6.45, 7) is 5.96. The second-order valence-electron chi connectivity index (χ2n) is 7.25. The van der Waals surface area contributed by atoms with Gasteiger partial charge in [-0.15, -0.1) is 0 Å². The Morgan fingerprint density at radius 1 is 1.03 bits per heavy atom. The van der Waals surface area contributed by atoms with Gasteiger partial charge >= 0.3 is 0 Å². The first kappa shape index (κ1) is 18.5. The summed E-state index contributed by atoms with van der Waals surface area (Å²) in [4.78, 5) is 11.5. The van der Waals surface area contributed by atoms with Crippen molar-refractivity contribution in [1.29, 1.82) is 5.26 Å². The van der Waals surface area contributed by atoms with E-state index in [4.69, 9.17) is 4.98 Å². The van der Waals surface area contributed by atoms with E-state index in [-0.39, 0.29) is 0 Å². The first-order valence-corrected chi connectivity index (χ1v) is 9.30. The fourth-order valence-electron chi connectivity index (χ4n) is 3.35. The van der Waals surface area contributed by atoms with Gasteiger partial charge in [-0.3, -0.25) is 0 Å². The number of aryl methyl sites for hydroxylation is 1. The minimum absolute atomic E-state index is 0.602. The lowest BCUT2D eigenvalue weighted by atomic mass is 9.95. The van der Waals surface area contributed by atoms with Gasteiger partial charge in [0.2, 0.25) is 0 Å². The maximum absolute atomic E-state index is 9.34. The Morgan fingerprint density at radius 3 is 2.62 bits per heavy atom. The Bertz CT molecular complexity index is 1200. The second-order valence-corrected chi connectivity index (χ2v) is 7.25. The van der Waals surface area contributed by atoms with Crippen LogP contribution in [-0.4, -0.2) is 24.1 Å². The predicted molar refractivity (Wildman–Crippen MR) is 118 cm³/mol. The molecule has 4 rings (SSSR count). The van der Waals surface area contributed by atoms with Crippen molar-refractivity contribution in [2.45, 2.75) is 6.92 Å². The van der Waals surface area contributed by atoms with E-state index in [0.717, 1.165) is 51.0 Å². The van der Waals surface area contributed by atoms with Gasteiger partial charge in [-0.05, 0) is 55.0 Å². The van der Waals surface area contributed by atoms with E-state index in [1.807, 2.05) is 56.3 Å². The number of allylic oxidation sites excluding steroid dienone is 1. The molecule has 1 aromatic carbocycles. The van der Waals surface area contributed by atoms with Gasteiger partial charge in [0.25, 0.3) is 0 Å². The van der Waals surface area contributed by atoms with Crippen molar-refractivity contribution in [1.82, 2.24) is 9.97 Å². The van der Waals surface area contributed by atoms with Crippen molar-refractivity contribution in [3.8, 4) is 28.5 Å². The summed E-state index contributed by atoms with van der Waals surface area (Å²) in [6, 6.07) is 16.0. The van der Waals surface area contributed by atoms with Crippen molar-refractivity contribution in [3.05, 3.63) is 77.6 Å². The number of pyridine rings is 2. The standard InChI is InChI=1S/C24H21N5/c1-15-8-9-19-12-21(20-10-16(2)26-22(13-20)29(3)4)23(28-24(19)27-15)18-7-5-6-17(11-18)14-25/h5-13H,1H2,2-4H3,(H,27,28). The zero-order valence-corrected chi connectivity index (χ0v) is 16.7. The second kappa shape index (κ2) is 7.25. The minimum Gasteiger partial charge on any atom is -0.363 e. The number of hydrogen-bond acceptors (Lipinski definition) is 5. The van der Waals surface area contributed by atoms with E-state index in [1.54, 1.807) is 6.07 Å². The summed E-state index contributed by atoms with van der Waals surface area (Å²) in [7, 11) is 3.96. The van der Waals surface area contributed by atoms with Crippen LogP contribution in [0.1, 0.15) is 16.8 Å². The van der Waals surface area contributed by atoms with Crippen LogP contribution in [-0.2, 0) is 0 Å². The molecule has 3 aromatic rings. The molecule has 0 bridgehead atoms. The van der Waals surface area contributed by atoms with E-state index in [9.17, 15) is 5.26 Å². The third-order valence-corrected chi connectivity index (χ3v) is 4.77. The average molecular weight is 379 g/mol. The lowest BCUT2D eigenvalue weighted by molar-refractivity contribution is 1.05. The first-order chi connectivity index (χ1) is 13.9. The molecule has 3 heterocycles. The molecule has 0 aliphatic carbocycles. The van der Waals surface area contributed by atoms with Gasteiger partial charge in [0.1, 0.15) is 11.6 Å². The highest BCUT2D eigenvalue weighted by Crippen LogP contribution is 2.37. The van der Waals surface area contributed by atoms with Gasteiger partial charge in [0.05, 0.1) is 17.3 Å². The van der Waals surface area contributed by atoms with Gasteiger partial charge in [0, 0.05) is 42.2 Å². The molecule has 29 heavy (non-hydrogen) atoms. The summed E-state index contributed by atoms with van der Waals surface area (Å²) in [6.07, 6.45) is 3.95. The van der Waals surface area contributed by atoms with E-state index >= 15 is 0 Å². The topological polar surface area (TPSA) is 64.8 Å². The summed E-state index contributed by atoms with van der Waals surface area (Å²) in [5.41, 5.74) is 7.06. The number of aromatic nitrogens is 2. The number of hydrogen-bond donors (Lipinski definition) is 1. The van der Waals surface area contributed by atoms with Gasteiger partial charge in [-0.1, -0.05) is 18.7 Å². The summed E-state index contributed by atoms with van der Waals surface area (Å²) < 4.78 is 0. The molecule has 0 saturated carbocycles. The van der Waals surface area contributed by atoms with Crippen LogP contribution in [0.5, 0.6) is 0 Å². The number of fused-ring (bicyclic) bond motifs is 1. The quantitative estimate of drug-likeness (QED) is 0.693. The van der Waals surface area contributed by atoms with Crippen LogP contribution in [0.15, 0.2) is 60.8 Å². The molecule has 2 aromatic heterocycles. The van der Waals surface area contributed by atoms with Crippen molar-refractivity contribution in [3.63, 3.8) is 0 Å². The molecule has 5 nitrogen and oxygen atoms in total. The Hall–Kier alpha value is -3.91. The normalized spacial score (nSPS) is 12.1. The average Bonchev–Trinajstić information content (AvgIpc) is 2.72. The third kappa shape index (κ3) is 3.61. The van der Waals surface area contributed by atoms with Crippen LogP contribution in [0.25, 0.3) is 28.5 Å². The molecule has 1 N–H and O–H groups in total. The van der Waals surface area contributed by atoms with Gasteiger partial charge < -0.3 is 10.2 Å². The van der Waals surface area contributed by atoms with Gasteiger partial charge in [-0.2, -0.15) is 5.26 Å².